The van der Waals surface area contributed by atoms with Crippen LogP contribution in [0.5, 0.6) is 5.88 Å². The van der Waals surface area contributed by atoms with E-state index in [1.807, 2.05) is 6.07 Å². The second-order valence-corrected chi connectivity index (χ2v) is 7.00. The minimum atomic E-state index is -0.246. The summed E-state index contributed by atoms with van der Waals surface area (Å²) >= 11 is 0. The third kappa shape index (κ3) is 6.91. The predicted octanol–water partition coefficient (Wildman–Crippen LogP) is 3.53. The largest absolute Gasteiger partial charge is 0.476 e. The van der Waals surface area contributed by atoms with Gasteiger partial charge in [0, 0.05) is 31.0 Å². The molecular formula is C22H25FN6O2. The van der Waals surface area contributed by atoms with Crippen LogP contribution in [0, 0.1) is 11.7 Å². The van der Waals surface area contributed by atoms with E-state index in [-0.39, 0.29) is 5.82 Å². The van der Waals surface area contributed by atoms with Gasteiger partial charge in [-0.3, -0.25) is 4.79 Å². The number of nitrogen functional groups attached to an aromatic ring is 1. The van der Waals surface area contributed by atoms with Crippen LogP contribution < -0.4 is 21.1 Å². The summed E-state index contributed by atoms with van der Waals surface area (Å²) in [4.78, 5) is 22.0. The normalized spacial score (nSPS) is 12.3. The van der Waals surface area contributed by atoms with Crippen molar-refractivity contribution in [1.82, 2.24) is 15.0 Å². The topological polar surface area (TPSA) is 115 Å². The Bertz CT molecular complexity index is 996. The van der Waals surface area contributed by atoms with Crippen LogP contribution in [0.25, 0.3) is 0 Å². The molecule has 0 saturated heterocycles. The summed E-state index contributed by atoms with van der Waals surface area (Å²) in [6.07, 6.45) is 7.67. The van der Waals surface area contributed by atoms with E-state index >= 15 is 0 Å². The molecule has 3 aromatic rings. The van der Waals surface area contributed by atoms with Crippen LogP contribution in [0.2, 0.25) is 0 Å². The van der Waals surface area contributed by atoms with E-state index in [1.165, 1.54) is 31.3 Å². The number of halogens is 1. The van der Waals surface area contributed by atoms with Crippen molar-refractivity contribution in [3.8, 4) is 5.88 Å². The summed E-state index contributed by atoms with van der Waals surface area (Å²) in [5, 5.41) is 6.04. The molecule has 4 rings (SSSR count). The van der Waals surface area contributed by atoms with Crippen LogP contribution in [0.1, 0.15) is 28.9 Å². The summed E-state index contributed by atoms with van der Waals surface area (Å²) in [7, 11) is 1.80. The molecule has 1 aliphatic carbocycles. The number of aromatic nitrogens is 3. The number of hydrogen-bond acceptors (Lipinski definition) is 8. The number of benzene rings is 1. The number of aldehydes is 1. The average Bonchev–Trinajstić information content (AvgIpc) is 3.63. The third-order valence-electron chi connectivity index (χ3n) is 4.57. The first-order chi connectivity index (χ1) is 15.1. The van der Waals surface area contributed by atoms with Crippen molar-refractivity contribution in [3.05, 3.63) is 66.0 Å². The average molecular weight is 424 g/mol. The minimum absolute atomic E-state index is 0.246. The molecule has 2 aromatic heterocycles. The molecule has 0 bridgehead atoms. The number of carbonyl (C=O) groups is 1. The maximum atomic E-state index is 13.6. The maximum absolute atomic E-state index is 13.6. The van der Waals surface area contributed by atoms with Crippen molar-refractivity contribution in [2.24, 2.45) is 5.92 Å². The number of hydrogen-bond donors (Lipinski definition) is 3. The van der Waals surface area contributed by atoms with E-state index in [0.717, 1.165) is 12.3 Å². The molecule has 2 heterocycles. The lowest BCUT2D eigenvalue weighted by Gasteiger charge is -2.10. The highest BCUT2D eigenvalue weighted by Crippen LogP contribution is 2.29. The van der Waals surface area contributed by atoms with Gasteiger partial charge in [-0.2, -0.15) is 0 Å². The van der Waals surface area contributed by atoms with E-state index in [9.17, 15) is 9.18 Å². The molecule has 0 unspecified atom stereocenters. The zero-order chi connectivity index (χ0) is 22.1. The van der Waals surface area contributed by atoms with Gasteiger partial charge < -0.3 is 21.1 Å². The van der Waals surface area contributed by atoms with Crippen molar-refractivity contribution in [2.45, 2.75) is 19.4 Å². The van der Waals surface area contributed by atoms with Gasteiger partial charge in [0.05, 0.1) is 24.7 Å². The van der Waals surface area contributed by atoms with Gasteiger partial charge in [0.2, 0.25) is 5.88 Å². The van der Waals surface area contributed by atoms with E-state index in [4.69, 9.17) is 10.5 Å². The van der Waals surface area contributed by atoms with E-state index in [1.54, 1.807) is 31.4 Å². The summed E-state index contributed by atoms with van der Waals surface area (Å²) in [6, 6.07) is 8.48. The van der Waals surface area contributed by atoms with Crippen LogP contribution in [0.4, 0.5) is 21.6 Å². The standard InChI is InChI=1S/C13H15FN4.C9H10N2O2/c1-16-10-4-5-11(14)9(7-10)8-18-12-3-2-6-17-13(12)15;12-5-8-3-11-9(4-10-8)13-6-7-1-2-7/h2-7,16,18H,8H2,1H3,(H2,15,17);3-5,7H,1-2,6H2. The van der Waals surface area contributed by atoms with Gasteiger partial charge >= 0.3 is 0 Å². The number of rotatable bonds is 8. The number of anilines is 3. The van der Waals surface area contributed by atoms with Gasteiger partial charge in [-0.15, -0.1) is 0 Å². The van der Waals surface area contributed by atoms with Gasteiger partial charge in [-0.1, -0.05) is 0 Å². The highest BCUT2D eigenvalue weighted by Gasteiger charge is 2.22. The van der Waals surface area contributed by atoms with Crippen molar-refractivity contribution >= 4 is 23.5 Å². The fourth-order valence-electron chi connectivity index (χ4n) is 2.57. The molecule has 0 spiro atoms. The molecule has 1 aliphatic rings. The summed E-state index contributed by atoms with van der Waals surface area (Å²) in [5.74, 6) is 1.36. The Morgan fingerprint density at radius 1 is 1.23 bits per heavy atom. The summed E-state index contributed by atoms with van der Waals surface area (Å²) < 4.78 is 18.9. The van der Waals surface area contributed by atoms with E-state index in [2.05, 4.69) is 25.6 Å². The third-order valence-corrected chi connectivity index (χ3v) is 4.57. The number of pyridine rings is 1. The minimum Gasteiger partial charge on any atom is -0.476 e. The molecule has 1 fully saturated rings. The van der Waals surface area contributed by atoms with Gasteiger partial charge in [-0.05, 0) is 49.1 Å². The molecule has 1 aromatic carbocycles. The summed E-state index contributed by atoms with van der Waals surface area (Å²) in [6.45, 7) is 1.08. The molecule has 8 nitrogen and oxygen atoms in total. The molecule has 0 amide bonds. The first-order valence-electron chi connectivity index (χ1n) is 9.89. The monoisotopic (exact) mass is 424 g/mol. The SMILES string of the molecule is CNc1ccc(F)c(CNc2cccnc2N)c1.O=Cc1cnc(OCC2CC2)cn1. The quantitative estimate of drug-likeness (QED) is 0.471. The number of nitrogens with two attached hydrogens (primary N) is 1. The van der Waals surface area contributed by atoms with Crippen LogP contribution in [-0.2, 0) is 6.54 Å². The molecule has 4 N–H and O–H groups in total. The molecule has 162 valence electrons. The van der Waals surface area contributed by atoms with Crippen molar-refractivity contribution in [2.75, 3.05) is 30.0 Å². The van der Waals surface area contributed by atoms with Crippen molar-refractivity contribution in [3.63, 3.8) is 0 Å². The molecule has 31 heavy (non-hydrogen) atoms. The second kappa shape index (κ2) is 10.9. The molecule has 1 saturated carbocycles. The second-order valence-electron chi connectivity index (χ2n) is 7.00. The lowest BCUT2D eigenvalue weighted by molar-refractivity contribution is 0.111. The first kappa shape index (κ1) is 21.9. The Morgan fingerprint density at radius 2 is 2.06 bits per heavy atom. The van der Waals surface area contributed by atoms with Crippen molar-refractivity contribution < 1.29 is 13.9 Å². The fourth-order valence-corrected chi connectivity index (χ4v) is 2.57. The van der Waals surface area contributed by atoms with Crippen LogP contribution in [0.3, 0.4) is 0 Å². The van der Waals surface area contributed by atoms with Crippen molar-refractivity contribution in [1.29, 1.82) is 0 Å². The molecule has 0 radical (unpaired) electrons. The lowest BCUT2D eigenvalue weighted by atomic mass is 10.2. The number of ether oxygens (including phenoxy) is 1. The Morgan fingerprint density at radius 3 is 2.71 bits per heavy atom. The Hall–Kier alpha value is -3.75. The Balaban J connectivity index is 0.000000185. The zero-order valence-corrected chi connectivity index (χ0v) is 17.2. The zero-order valence-electron chi connectivity index (χ0n) is 17.2. The number of nitrogens with zero attached hydrogens (tertiary/aromatic N) is 3. The number of nitrogens with one attached hydrogen (secondary N) is 2. The van der Waals surface area contributed by atoms with Crippen LogP contribution >= 0.6 is 0 Å². The van der Waals surface area contributed by atoms with E-state index < -0.39 is 0 Å². The van der Waals surface area contributed by atoms with Gasteiger partial charge in [0.1, 0.15) is 17.3 Å². The molecule has 0 aliphatic heterocycles. The molecule has 0 atom stereocenters. The smallest absolute Gasteiger partial charge is 0.232 e. The lowest BCUT2D eigenvalue weighted by Crippen LogP contribution is -2.05. The van der Waals surface area contributed by atoms with Crippen LogP contribution in [-0.4, -0.2) is 34.9 Å². The molecular weight excluding hydrogens is 399 g/mol. The Kier molecular flexibility index (Phi) is 7.69. The summed E-state index contributed by atoms with van der Waals surface area (Å²) in [5.41, 5.74) is 8.17. The maximum Gasteiger partial charge on any atom is 0.232 e. The fraction of sp³-hybridized carbons (Fsp3) is 0.273. The van der Waals surface area contributed by atoms with Crippen LogP contribution in [0.15, 0.2) is 48.9 Å². The van der Waals surface area contributed by atoms with Gasteiger partial charge in [-0.25, -0.2) is 19.3 Å². The van der Waals surface area contributed by atoms with E-state index in [0.29, 0.717) is 47.4 Å². The van der Waals surface area contributed by atoms with Gasteiger partial charge in [0.15, 0.2) is 6.29 Å². The highest BCUT2D eigenvalue weighted by molar-refractivity contribution is 5.70. The highest BCUT2D eigenvalue weighted by atomic mass is 19.1. The molecule has 9 heteroatoms. The number of carbonyl (C=O) groups excluding carboxylic acids is 1. The first-order valence-corrected chi connectivity index (χ1v) is 9.89. The Labute approximate surface area is 180 Å². The predicted molar refractivity (Wildman–Crippen MR) is 118 cm³/mol. The van der Waals surface area contributed by atoms with Gasteiger partial charge in [0.25, 0.3) is 0 Å².